The van der Waals surface area contributed by atoms with Crippen LogP contribution in [0.1, 0.15) is 62.3 Å². The van der Waals surface area contributed by atoms with E-state index in [1.165, 1.54) is 0 Å². The quantitative estimate of drug-likeness (QED) is 0.330. The van der Waals surface area contributed by atoms with E-state index < -0.39 is 0 Å². The van der Waals surface area contributed by atoms with Crippen molar-refractivity contribution >= 4 is 0 Å². The van der Waals surface area contributed by atoms with Gasteiger partial charge >= 0.3 is 56.6 Å². The molecule has 0 aromatic heterocycles. The average molecular weight is 318 g/mol. The normalized spacial score (nSPS) is 9.88. The zero-order valence-corrected chi connectivity index (χ0v) is 18.3. The summed E-state index contributed by atoms with van der Waals surface area (Å²) in [6, 6.07) is 0. The van der Waals surface area contributed by atoms with E-state index in [1.807, 2.05) is 62.3 Å². The Hall–Kier alpha value is 0.412. The van der Waals surface area contributed by atoms with Crippen molar-refractivity contribution in [3.8, 4) is 0 Å². The van der Waals surface area contributed by atoms with Crippen LogP contribution in [0, 0.1) is 16.2 Å². The van der Waals surface area contributed by atoms with Crippen molar-refractivity contribution in [3.63, 3.8) is 0 Å². The molecular weight excluding hydrogens is 285 g/mol. The Bertz CT molecular complexity index is 300. The van der Waals surface area contributed by atoms with E-state index in [1.54, 1.807) is 0 Å². The van der Waals surface area contributed by atoms with Gasteiger partial charge in [-0.15, -0.1) is 37.0 Å². The second-order valence-electron chi connectivity index (χ2n) is 8.02. The molecule has 0 spiro atoms. The standard InChI is InChI=1S/3C6H12O.3Li/c3*1-5(7)6(2,3)4;;;/h3*7H,1H2,2-4H3;;;/q;;;3*+1/p-3. The van der Waals surface area contributed by atoms with E-state index in [9.17, 15) is 15.3 Å². The minimum absolute atomic E-state index is 0. The number of allylic oxidation sites excluding steroid dienone is 3. The van der Waals surface area contributed by atoms with Gasteiger partial charge < -0.3 is 15.3 Å². The molecule has 0 bridgehead atoms. The van der Waals surface area contributed by atoms with Crippen LogP contribution in [-0.2, 0) is 0 Å². The van der Waals surface area contributed by atoms with Crippen LogP contribution in [0.5, 0.6) is 0 Å². The summed E-state index contributed by atoms with van der Waals surface area (Å²) >= 11 is 0. The van der Waals surface area contributed by atoms with Gasteiger partial charge in [-0.3, -0.25) is 0 Å². The maximum atomic E-state index is 10.4. The molecule has 0 aliphatic carbocycles. The molecule has 0 fully saturated rings. The molecular formula is C18H33Li3O3. The fourth-order valence-corrected chi connectivity index (χ4v) is 0. The van der Waals surface area contributed by atoms with Crippen LogP contribution >= 0.6 is 0 Å². The molecule has 6 heteroatoms. The van der Waals surface area contributed by atoms with Crippen molar-refractivity contribution in [2.45, 2.75) is 62.3 Å². The Balaban J connectivity index is -0.0000000476. The van der Waals surface area contributed by atoms with Gasteiger partial charge in [0.25, 0.3) is 0 Å². The summed E-state index contributed by atoms with van der Waals surface area (Å²) < 4.78 is 0. The van der Waals surface area contributed by atoms with Crippen LogP contribution in [0.3, 0.4) is 0 Å². The van der Waals surface area contributed by atoms with Crippen LogP contribution in [0.4, 0.5) is 0 Å². The summed E-state index contributed by atoms with van der Waals surface area (Å²) in [4.78, 5) is 0. The van der Waals surface area contributed by atoms with Crippen LogP contribution in [0.2, 0.25) is 0 Å². The van der Waals surface area contributed by atoms with Gasteiger partial charge in [-0.05, 0) is 16.2 Å². The van der Waals surface area contributed by atoms with E-state index in [0.29, 0.717) is 0 Å². The first-order valence-corrected chi connectivity index (χ1v) is 6.92. The van der Waals surface area contributed by atoms with Crippen molar-refractivity contribution in [2.75, 3.05) is 0 Å². The zero-order chi connectivity index (χ0) is 18.2. The monoisotopic (exact) mass is 318 g/mol. The first kappa shape index (κ1) is 39.5. The van der Waals surface area contributed by atoms with E-state index in [-0.39, 0.29) is 90.1 Å². The van der Waals surface area contributed by atoms with E-state index in [2.05, 4.69) is 19.7 Å². The van der Waals surface area contributed by atoms with Gasteiger partial charge in [0.2, 0.25) is 0 Å². The van der Waals surface area contributed by atoms with Gasteiger partial charge in [-0.1, -0.05) is 62.3 Å². The predicted molar refractivity (Wildman–Crippen MR) is 85.8 cm³/mol. The van der Waals surface area contributed by atoms with Crippen molar-refractivity contribution in [3.05, 3.63) is 37.0 Å². The minimum Gasteiger partial charge on any atom is -0.875 e. The second-order valence-corrected chi connectivity index (χ2v) is 8.02. The maximum Gasteiger partial charge on any atom is 1.00 e. The molecule has 126 valence electrons. The Morgan fingerprint density at radius 1 is 0.458 bits per heavy atom. The SMILES string of the molecule is C=C([O-])C(C)(C)C.C=C([O-])C(C)(C)C.C=C([O-])C(C)(C)C.[Li+].[Li+].[Li+]. The fraction of sp³-hybridized carbons (Fsp3) is 0.667. The summed E-state index contributed by atoms with van der Waals surface area (Å²) in [5, 5.41) is 31.1. The van der Waals surface area contributed by atoms with Crippen molar-refractivity contribution in [1.82, 2.24) is 0 Å². The maximum absolute atomic E-state index is 10.4. The third-order valence-corrected chi connectivity index (χ3v) is 2.51. The van der Waals surface area contributed by atoms with Gasteiger partial charge in [0.15, 0.2) is 0 Å². The summed E-state index contributed by atoms with van der Waals surface area (Å²) in [6.45, 7) is 26.5. The topological polar surface area (TPSA) is 69.2 Å². The molecule has 0 aliphatic rings. The van der Waals surface area contributed by atoms with E-state index in [0.717, 1.165) is 0 Å². The molecule has 0 aromatic carbocycles. The zero-order valence-electron chi connectivity index (χ0n) is 18.3. The van der Waals surface area contributed by atoms with E-state index >= 15 is 0 Å². The molecule has 0 heterocycles. The van der Waals surface area contributed by atoms with E-state index in [4.69, 9.17) is 0 Å². The fourth-order valence-electron chi connectivity index (χ4n) is 0. The molecule has 0 atom stereocenters. The van der Waals surface area contributed by atoms with Crippen molar-refractivity contribution < 1.29 is 71.9 Å². The molecule has 0 rings (SSSR count). The summed E-state index contributed by atoms with van der Waals surface area (Å²) in [6.07, 6.45) is 0. The Kier molecular flexibility index (Phi) is 25.7. The van der Waals surface area contributed by atoms with Crippen LogP contribution in [0.15, 0.2) is 37.0 Å². The van der Waals surface area contributed by atoms with Gasteiger partial charge in [0.1, 0.15) is 0 Å². The minimum atomic E-state index is -0.250. The third kappa shape index (κ3) is 30.3. The van der Waals surface area contributed by atoms with Crippen molar-refractivity contribution in [1.29, 1.82) is 0 Å². The molecule has 0 unspecified atom stereocenters. The molecule has 0 aromatic rings. The van der Waals surface area contributed by atoms with Crippen LogP contribution in [-0.4, -0.2) is 0 Å². The van der Waals surface area contributed by atoms with Gasteiger partial charge in [0, 0.05) is 0 Å². The van der Waals surface area contributed by atoms with Gasteiger partial charge in [-0.25, -0.2) is 0 Å². The second kappa shape index (κ2) is 15.7. The smallest absolute Gasteiger partial charge is 0.875 e. The average Bonchev–Trinajstić information content (AvgIpc) is 2.14. The molecule has 0 aliphatic heterocycles. The first-order valence-electron chi connectivity index (χ1n) is 6.92. The Labute approximate surface area is 186 Å². The predicted octanol–water partition coefficient (Wildman–Crippen LogP) is -6.27. The van der Waals surface area contributed by atoms with Gasteiger partial charge in [0.05, 0.1) is 0 Å². The molecule has 24 heavy (non-hydrogen) atoms. The van der Waals surface area contributed by atoms with Gasteiger partial charge in [-0.2, -0.15) is 0 Å². The van der Waals surface area contributed by atoms with Crippen LogP contribution in [0.25, 0.3) is 0 Å². The molecule has 0 saturated heterocycles. The number of rotatable bonds is 0. The Morgan fingerprint density at radius 3 is 0.500 bits per heavy atom. The largest absolute Gasteiger partial charge is 1.00 e. The molecule has 3 nitrogen and oxygen atoms in total. The molecule has 0 amide bonds. The van der Waals surface area contributed by atoms with Crippen LogP contribution < -0.4 is 71.9 Å². The van der Waals surface area contributed by atoms with Crippen molar-refractivity contribution in [2.24, 2.45) is 16.2 Å². The first-order chi connectivity index (χ1) is 8.83. The summed E-state index contributed by atoms with van der Waals surface area (Å²) in [5.74, 6) is -0.0208. The molecule has 0 saturated carbocycles. The Morgan fingerprint density at radius 2 is 0.500 bits per heavy atom. The molecule has 0 radical (unpaired) electrons. The summed E-state index contributed by atoms with van der Waals surface area (Å²) in [5.41, 5.74) is -0.750. The third-order valence-electron chi connectivity index (χ3n) is 2.51. The number of hydrogen-bond donors (Lipinski definition) is 0. The summed E-state index contributed by atoms with van der Waals surface area (Å²) in [7, 11) is 0. The molecule has 0 N–H and O–H groups in total. The number of hydrogen-bond acceptors (Lipinski definition) is 3.